The summed E-state index contributed by atoms with van der Waals surface area (Å²) in [6.45, 7) is 25.2. The van der Waals surface area contributed by atoms with Gasteiger partial charge in [0.15, 0.2) is 0 Å². The average Bonchev–Trinajstić information content (AvgIpc) is 2.86. The van der Waals surface area contributed by atoms with E-state index < -0.39 is 0 Å². The van der Waals surface area contributed by atoms with Crippen molar-refractivity contribution in [3.63, 3.8) is 0 Å². The summed E-state index contributed by atoms with van der Waals surface area (Å²) in [5.41, 5.74) is 1.37. The topological polar surface area (TPSA) is 30.7 Å². The summed E-state index contributed by atoms with van der Waals surface area (Å²) >= 11 is 0. The molecule has 0 fully saturated rings. The van der Waals surface area contributed by atoms with E-state index in [1.165, 1.54) is 0 Å². The zero-order valence-corrected chi connectivity index (χ0v) is 16.7. The van der Waals surface area contributed by atoms with Crippen molar-refractivity contribution in [3.8, 4) is 0 Å². The number of rotatable bonds is 6. The average molecular weight is 308 g/mol. The molecule has 0 spiro atoms. The lowest BCUT2D eigenvalue weighted by Crippen LogP contribution is -2.45. The Morgan fingerprint density at radius 2 is 1.36 bits per heavy atom. The van der Waals surface area contributed by atoms with Crippen LogP contribution in [0.4, 0.5) is 0 Å². The quantitative estimate of drug-likeness (QED) is 0.696. The van der Waals surface area contributed by atoms with E-state index in [9.17, 15) is 0 Å². The summed E-state index contributed by atoms with van der Waals surface area (Å²) < 4.78 is 2.08. The number of hydrogen-bond donors (Lipinski definition) is 0. The van der Waals surface area contributed by atoms with Gasteiger partial charge in [-0.15, -0.1) is 5.10 Å². The second-order valence-electron chi connectivity index (χ2n) is 9.22. The maximum absolute atomic E-state index is 4.52. The molecule has 0 saturated heterocycles. The van der Waals surface area contributed by atoms with Crippen LogP contribution in [-0.2, 0) is 5.54 Å². The Labute approximate surface area is 137 Å². The predicted octanol–water partition coefficient (Wildman–Crippen LogP) is 5.48. The Morgan fingerprint density at radius 1 is 0.864 bits per heavy atom. The Hall–Kier alpha value is -0.860. The van der Waals surface area contributed by atoms with Gasteiger partial charge >= 0.3 is 0 Å². The maximum Gasteiger partial charge on any atom is 0.0860 e. The Bertz CT molecular complexity index is 493. The van der Waals surface area contributed by atoms with Crippen LogP contribution in [0.15, 0.2) is 6.20 Å². The summed E-state index contributed by atoms with van der Waals surface area (Å²) in [4.78, 5) is 0. The van der Waals surface area contributed by atoms with Crippen molar-refractivity contribution in [2.24, 2.45) is 22.7 Å². The van der Waals surface area contributed by atoms with Gasteiger partial charge in [-0.25, -0.2) is 4.68 Å². The van der Waals surface area contributed by atoms with Gasteiger partial charge in [-0.1, -0.05) is 67.5 Å². The fraction of sp³-hybridized carbons (Fsp3) is 0.895. The molecule has 0 aromatic carbocycles. The minimum Gasteiger partial charge on any atom is -0.246 e. The highest BCUT2D eigenvalue weighted by molar-refractivity contribution is 5.08. The summed E-state index contributed by atoms with van der Waals surface area (Å²) in [5, 5.41) is 9.01. The van der Waals surface area contributed by atoms with E-state index in [0.29, 0.717) is 17.8 Å². The van der Waals surface area contributed by atoms with E-state index in [-0.39, 0.29) is 16.4 Å². The van der Waals surface area contributed by atoms with Crippen LogP contribution in [-0.4, -0.2) is 15.0 Å². The van der Waals surface area contributed by atoms with Gasteiger partial charge in [-0.2, -0.15) is 0 Å². The van der Waals surface area contributed by atoms with Gasteiger partial charge in [0, 0.05) is 12.1 Å². The van der Waals surface area contributed by atoms with Gasteiger partial charge in [-0.05, 0) is 36.5 Å². The summed E-state index contributed by atoms with van der Waals surface area (Å²) in [5.74, 6) is 1.56. The van der Waals surface area contributed by atoms with E-state index in [0.717, 1.165) is 5.69 Å². The molecule has 1 rings (SSSR count). The SMILES string of the molecule is CC(C)C(C)(C)C(C)c1cn(C(C)(C)C(C)(C)C(C)C)nn1. The van der Waals surface area contributed by atoms with Gasteiger partial charge in [-0.3, -0.25) is 0 Å². The summed E-state index contributed by atoms with van der Waals surface area (Å²) in [7, 11) is 0. The van der Waals surface area contributed by atoms with Crippen molar-refractivity contribution in [3.05, 3.63) is 11.9 Å². The lowest BCUT2D eigenvalue weighted by molar-refractivity contribution is 0.0526. The first-order valence-electron chi connectivity index (χ1n) is 8.69. The van der Waals surface area contributed by atoms with E-state index in [1.54, 1.807) is 0 Å². The molecule has 0 aliphatic heterocycles. The molecule has 22 heavy (non-hydrogen) atoms. The van der Waals surface area contributed by atoms with E-state index in [1.807, 2.05) is 0 Å². The first-order chi connectivity index (χ1) is 9.76. The highest BCUT2D eigenvalue weighted by Gasteiger charge is 2.42. The van der Waals surface area contributed by atoms with Crippen LogP contribution in [0.5, 0.6) is 0 Å². The molecule has 3 heteroatoms. The molecule has 1 aromatic rings. The maximum atomic E-state index is 4.52. The van der Waals surface area contributed by atoms with Crippen molar-refractivity contribution in [2.75, 3.05) is 0 Å². The molecule has 0 saturated carbocycles. The third kappa shape index (κ3) is 3.09. The number of aromatic nitrogens is 3. The van der Waals surface area contributed by atoms with E-state index in [2.05, 4.69) is 97.4 Å². The molecule has 3 nitrogen and oxygen atoms in total. The Morgan fingerprint density at radius 3 is 1.77 bits per heavy atom. The molecule has 128 valence electrons. The van der Waals surface area contributed by atoms with Crippen molar-refractivity contribution >= 4 is 0 Å². The number of nitrogens with zero attached hydrogens (tertiary/aromatic N) is 3. The molecule has 0 aliphatic rings. The fourth-order valence-electron chi connectivity index (χ4n) is 2.63. The van der Waals surface area contributed by atoms with E-state index >= 15 is 0 Å². The van der Waals surface area contributed by atoms with E-state index in [4.69, 9.17) is 0 Å². The largest absolute Gasteiger partial charge is 0.246 e. The molecule has 0 bridgehead atoms. The zero-order valence-electron chi connectivity index (χ0n) is 16.7. The second kappa shape index (κ2) is 5.98. The standard InChI is InChI=1S/C19H37N3/c1-13(2)17(6,7)15(5)16-12-22(21-20-16)19(10,11)18(8,9)14(3)4/h12-15H,1-11H3. The van der Waals surface area contributed by atoms with Gasteiger partial charge < -0.3 is 0 Å². The molecule has 1 atom stereocenters. The van der Waals surface area contributed by atoms with Crippen molar-refractivity contribution in [1.29, 1.82) is 0 Å². The van der Waals surface area contributed by atoms with Crippen LogP contribution in [0.1, 0.15) is 87.8 Å². The smallest absolute Gasteiger partial charge is 0.0860 e. The van der Waals surface area contributed by atoms with Crippen LogP contribution in [0.3, 0.4) is 0 Å². The van der Waals surface area contributed by atoms with Crippen LogP contribution >= 0.6 is 0 Å². The first kappa shape index (κ1) is 19.2. The molecule has 1 unspecified atom stereocenters. The van der Waals surface area contributed by atoms with Crippen LogP contribution in [0.25, 0.3) is 0 Å². The first-order valence-corrected chi connectivity index (χ1v) is 8.69. The highest BCUT2D eigenvalue weighted by Crippen LogP contribution is 2.44. The van der Waals surface area contributed by atoms with Gasteiger partial charge in [0.05, 0.1) is 11.2 Å². The van der Waals surface area contributed by atoms with Gasteiger partial charge in [0.2, 0.25) is 0 Å². The Kier molecular flexibility index (Phi) is 5.21. The predicted molar refractivity (Wildman–Crippen MR) is 95.0 cm³/mol. The molecule has 0 aliphatic carbocycles. The monoisotopic (exact) mass is 307 g/mol. The second-order valence-corrected chi connectivity index (χ2v) is 9.22. The summed E-state index contributed by atoms with van der Waals surface area (Å²) in [6.07, 6.45) is 2.17. The van der Waals surface area contributed by atoms with Crippen LogP contribution in [0, 0.1) is 22.7 Å². The fourth-order valence-corrected chi connectivity index (χ4v) is 2.63. The molecule has 0 radical (unpaired) electrons. The minimum absolute atomic E-state index is 0.0753. The third-order valence-electron chi connectivity index (χ3n) is 7.15. The Balaban J connectivity index is 3.17. The summed E-state index contributed by atoms with van der Waals surface area (Å²) in [6, 6.07) is 0. The third-order valence-corrected chi connectivity index (χ3v) is 7.15. The van der Waals surface area contributed by atoms with Crippen LogP contribution < -0.4 is 0 Å². The van der Waals surface area contributed by atoms with Gasteiger partial charge in [0.1, 0.15) is 0 Å². The molecular formula is C19H37N3. The van der Waals surface area contributed by atoms with Crippen LogP contribution in [0.2, 0.25) is 0 Å². The van der Waals surface area contributed by atoms with Crippen molar-refractivity contribution in [2.45, 2.75) is 87.6 Å². The molecule has 1 aromatic heterocycles. The minimum atomic E-state index is -0.0753. The van der Waals surface area contributed by atoms with Crippen molar-refractivity contribution in [1.82, 2.24) is 15.0 Å². The molecule has 0 amide bonds. The molecule has 1 heterocycles. The highest BCUT2D eigenvalue weighted by atomic mass is 15.5. The van der Waals surface area contributed by atoms with Gasteiger partial charge in [0.25, 0.3) is 0 Å². The lowest BCUT2D eigenvalue weighted by atomic mass is 9.67. The number of hydrogen-bond acceptors (Lipinski definition) is 2. The van der Waals surface area contributed by atoms with Crippen molar-refractivity contribution < 1.29 is 0 Å². The molecular weight excluding hydrogens is 270 g/mol. The normalized spacial score (nSPS) is 15.7. The lowest BCUT2D eigenvalue weighted by Gasteiger charge is -2.44. The molecule has 0 N–H and O–H groups in total. The zero-order chi connectivity index (χ0) is 17.5.